The van der Waals surface area contributed by atoms with Crippen LogP contribution in [-0.2, 0) is 4.79 Å². The molecule has 1 aliphatic heterocycles. The van der Waals surface area contributed by atoms with E-state index >= 15 is 0 Å². The Hall–Kier alpha value is -0.950. The predicted molar refractivity (Wildman–Crippen MR) is 110 cm³/mol. The average Bonchev–Trinajstić information content (AvgIpc) is 3.03. The lowest BCUT2D eigenvalue weighted by atomic mass is 9.96. The van der Waals surface area contributed by atoms with E-state index in [2.05, 4.69) is 26.9 Å². The molecule has 3 rings (SSSR count). The van der Waals surface area contributed by atoms with Crippen LogP contribution in [0.1, 0.15) is 31.1 Å². The first-order valence-electron chi connectivity index (χ1n) is 8.22. The van der Waals surface area contributed by atoms with Gasteiger partial charge in [-0.3, -0.25) is 4.79 Å². The molecular weight excluding hydrogens is 379 g/mol. The van der Waals surface area contributed by atoms with Crippen molar-refractivity contribution in [3.05, 3.63) is 30.1 Å². The molecule has 2 heterocycles. The summed E-state index contributed by atoms with van der Waals surface area (Å²) in [7, 11) is 0. The van der Waals surface area contributed by atoms with Crippen LogP contribution in [0.2, 0.25) is 0 Å². The average molecular weight is 405 g/mol. The maximum absolute atomic E-state index is 12.6. The van der Waals surface area contributed by atoms with E-state index in [-0.39, 0.29) is 42.7 Å². The molecule has 140 valence electrons. The van der Waals surface area contributed by atoms with Crippen LogP contribution in [0.3, 0.4) is 0 Å². The van der Waals surface area contributed by atoms with Gasteiger partial charge in [0, 0.05) is 5.92 Å². The number of aromatic nitrogens is 2. The number of nitrogens with zero attached hydrogens (tertiary/aromatic N) is 1. The van der Waals surface area contributed by atoms with Crippen molar-refractivity contribution in [2.24, 2.45) is 5.92 Å². The molecular formula is C17H26Cl2N4OS. The van der Waals surface area contributed by atoms with Crippen LogP contribution in [0.5, 0.6) is 0 Å². The summed E-state index contributed by atoms with van der Waals surface area (Å²) in [6.07, 6.45) is 4.81. The Morgan fingerprint density at radius 3 is 2.72 bits per heavy atom. The highest BCUT2D eigenvalue weighted by Gasteiger charge is 2.25. The van der Waals surface area contributed by atoms with E-state index in [4.69, 9.17) is 0 Å². The molecule has 1 aromatic heterocycles. The Kier molecular flexibility index (Phi) is 9.64. The third-order valence-corrected chi connectivity index (χ3v) is 5.02. The molecule has 0 spiro atoms. The monoisotopic (exact) mass is 404 g/mol. The van der Waals surface area contributed by atoms with Gasteiger partial charge in [-0.25, -0.2) is 4.98 Å². The van der Waals surface area contributed by atoms with E-state index in [1.807, 2.05) is 24.3 Å². The molecule has 0 saturated carbocycles. The van der Waals surface area contributed by atoms with Gasteiger partial charge >= 0.3 is 0 Å². The molecule has 25 heavy (non-hydrogen) atoms. The Bertz CT molecular complexity index is 628. The van der Waals surface area contributed by atoms with E-state index in [1.54, 1.807) is 11.8 Å². The lowest BCUT2D eigenvalue weighted by molar-refractivity contribution is -0.126. The summed E-state index contributed by atoms with van der Waals surface area (Å²) in [6.45, 7) is 1.86. The topological polar surface area (TPSA) is 69.8 Å². The number of carbonyl (C=O) groups excluding carboxylic acids is 1. The molecule has 1 unspecified atom stereocenters. The van der Waals surface area contributed by atoms with E-state index in [0.717, 1.165) is 55.0 Å². The highest BCUT2D eigenvalue weighted by Crippen LogP contribution is 2.21. The summed E-state index contributed by atoms with van der Waals surface area (Å²) in [5.41, 5.74) is 1.97. The van der Waals surface area contributed by atoms with E-state index in [0.29, 0.717) is 0 Å². The van der Waals surface area contributed by atoms with Gasteiger partial charge in [0.1, 0.15) is 5.82 Å². The van der Waals surface area contributed by atoms with Gasteiger partial charge in [0.2, 0.25) is 5.91 Å². The summed E-state index contributed by atoms with van der Waals surface area (Å²) in [5, 5.41) is 6.53. The zero-order valence-corrected chi connectivity index (χ0v) is 16.7. The number of hydrogen-bond acceptors (Lipinski definition) is 4. The van der Waals surface area contributed by atoms with Crippen LogP contribution in [0.15, 0.2) is 24.3 Å². The standard InChI is InChI=1S/C17H24N4OS.2ClH/c1-23-11-8-15(21-17(22)12-6-9-18-10-7-12)16-19-13-4-2-3-5-14(13)20-16;;/h2-5,12,15,18H,6-11H2,1H3,(H,19,20)(H,21,22);2*1H. The number of thioether (sulfide) groups is 1. The number of nitrogens with one attached hydrogen (secondary N) is 3. The van der Waals surface area contributed by atoms with Crippen LogP contribution in [0.25, 0.3) is 11.0 Å². The third kappa shape index (κ3) is 5.78. The predicted octanol–water partition coefficient (Wildman–Crippen LogP) is 3.32. The molecule has 8 heteroatoms. The maximum atomic E-state index is 12.6. The molecule has 0 bridgehead atoms. The number of para-hydroxylation sites is 2. The molecule has 5 nitrogen and oxygen atoms in total. The molecule has 0 aliphatic carbocycles. The van der Waals surface area contributed by atoms with Gasteiger partial charge in [-0.05, 0) is 56.5 Å². The fourth-order valence-electron chi connectivity index (χ4n) is 3.02. The van der Waals surface area contributed by atoms with E-state index < -0.39 is 0 Å². The minimum atomic E-state index is -0.0442. The van der Waals surface area contributed by atoms with Crippen molar-refractivity contribution in [2.45, 2.75) is 25.3 Å². The van der Waals surface area contributed by atoms with Gasteiger partial charge in [-0.15, -0.1) is 24.8 Å². The smallest absolute Gasteiger partial charge is 0.223 e. The van der Waals surface area contributed by atoms with E-state index in [1.165, 1.54) is 0 Å². The first kappa shape index (κ1) is 22.1. The summed E-state index contributed by atoms with van der Waals surface area (Å²) >= 11 is 1.79. The zero-order valence-electron chi connectivity index (χ0n) is 14.3. The van der Waals surface area contributed by atoms with Crippen LogP contribution in [-0.4, -0.2) is 41.0 Å². The molecule has 1 fully saturated rings. The largest absolute Gasteiger partial charge is 0.346 e. The third-order valence-electron chi connectivity index (χ3n) is 4.37. The molecule has 0 radical (unpaired) electrons. The molecule has 3 N–H and O–H groups in total. The number of amides is 1. The van der Waals surface area contributed by atoms with Gasteiger partial charge in [-0.1, -0.05) is 12.1 Å². The second kappa shape index (κ2) is 10.9. The quantitative estimate of drug-likeness (QED) is 0.690. The summed E-state index contributed by atoms with van der Waals surface area (Å²) < 4.78 is 0. The molecule has 2 aromatic rings. The van der Waals surface area contributed by atoms with Gasteiger partial charge in [-0.2, -0.15) is 11.8 Å². The van der Waals surface area contributed by atoms with Crippen molar-refractivity contribution in [3.8, 4) is 0 Å². The number of H-pyrrole nitrogens is 1. The van der Waals surface area contributed by atoms with Gasteiger partial charge in [0.15, 0.2) is 0 Å². The Morgan fingerprint density at radius 2 is 2.04 bits per heavy atom. The van der Waals surface area contributed by atoms with Crippen molar-refractivity contribution in [1.82, 2.24) is 20.6 Å². The summed E-state index contributed by atoms with van der Waals surface area (Å²) in [5.74, 6) is 2.15. The highest BCUT2D eigenvalue weighted by molar-refractivity contribution is 7.98. The lowest BCUT2D eigenvalue weighted by Crippen LogP contribution is -2.40. The molecule has 1 aromatic carbocycles. The number of hydrogen-bond donors (Lipinski definition) is 3. The Morgan fingerprint density at radius 1 is 1.32 bits per heavy atom. The van der Waals surface area contributed by atoms with Crippen molar-refractivity contribution >= 4 is 53.5 Å². The van der Waals surface area contributed by atoms with E-state index in [9.17, 15) is 4.79 Å². The second-order valence-corrected chi connectivity index (χ2v) is 6.99. The maximum Gasteiger partial charge on any atom is 0.223 e. The number of fused-ring (bicyclic) bond motifs is 1. The van der Waals surface area contributed by atoms with Crippen LogP contribution >= 0.6 is 36.6 Å². The number of imidazole rings is 1. The van der Waals surface area contributed by atoms with Crippen molar-refractivity contribution in [3.63, 3.8) is 0 Å². The zero-order chi connectivity index (χ0) is 16.1. The van der Waals surface area contributed by atoms with Gasteiger partial charge in [0.25, 0.3) is 0 Å². The molecule has 1 saturated heterocycles. The fourth-order valence-corrected chi connectivity index (χ4v) is 3.50. The fraction of sp³-hybridized carbons (Fsp3) is 0.529. The first-order valence-corrected chi connectivity index (χ1v) is 9.62. The summed E-state index contributed by atoms with van der Waals surface area (Å²) in [6, 6.07) is 7.95. The molecule has 1 amide bonds. The lowest BCUT2D eigenvalue weighted by Gasteiger charge is -2.24. The minimum absolute atomic E-state index is 0. The normalized spacial score (nSPS) is 15.9. The van der Waals surface area contributed by atoms with Crippen molar-refractivity contribution in [1.29, 1.82) is 0 Å². The Labute approximate surface area is 165 Å². The summed E-state index contributed by atoms with van der Waals surface area (Å²) in [4.78, 5) is 20.6. The first-order chi connectivity index (χ1) is 11.3. The molecule has 1 aliphatic rings. The number of benzene rings is 1. The highest BCUT2D eigenvalue weighted by atomic mass is 35.5. The van der Waals surface area contributed by atoms with Gasteiger partial charge in [0.05, 0.1) is 17.1 Å². The van der Waals surface area contributed by atoms with Crippen LogP contribution in [0, 0.1) is 5.92 Å². The van der Waals surface area contributed by atoms with Crippen LogP contribution in [0.4, 0.5) is 0 Å². The number of aromatic amines is 1. The van der Waals surface area contributed by atoms with Gasteiger partial charge < -0.3 is 15.6 Å². The minimum Gasteiger partial charge on any atom is -0.346 e. The number of carbonyl (C=O) groups is 1. The second-order valence-electron chi connectivity index (χ2n) is 6.01. The molecule has 1 atom stereocenters. The number of rotatable bonds is 6. The Balaban J connectivity index is 0.00000156. The number of halogens is 2. The van der Waals surface area contributed by atoms with Crippen LogP contribution < -0.4 is 10.6 Å². The van der Waals surface area contributed by atoms with Crippen molar-refractivity contribution in [2.75, 3.05) is 25.1 Å². The number of piperidine rings is 1. The SMILES string of the molecule is CSCCC(NC(=O)C1CCNCC1)c1nc2ccccc2[nH]1.Cl.Cl. The van der Waals surface area contributed by atoms with Crippen molar-refractivity contribution < 1.29 is 4.79 Å².